The Labute approximate surface area is 112 Å². The van der Waals surface area contributed by atoms with Gasteiger partial charge in [0.15, 0.2) is 0 Å². The SMILES string of the molecule is Cc1cc2c(C(=O)NC3CCCCC3)ccnc2[nH]1. The minimum absolute atomic E-state index is 0.0262. The number of amides is 1. The summed E-state index contributed by atoms with van der Waals surface area (Å²) in [6, 6.07) is 4.12. The van der Waals surface area contributed by atoms with Crippen LogP contribution in [-0.4, -0.2) is 21.9 Å². The Morgan fingerprint density at radius 2 is 2.16 bits per heavy atom. The van der Waals surface area contributed by atoms with Crippen molar-refractivity contribution in [2.45, 2.75) is 45.1 Å². The first-order valence-corrected chi connectivity index (χ1v) is 6.99. The number of aromatic nitrogens is 2. The first-order valence-electron chi connectivity index (χ1n) is 6.99. The Bertz CT molecular complexity index is 596. The Morgan fingerprint density at radius 3 is 2.95 bits per heavy atom. The highest BCUT2D eigenvalue weighted by Gasteiger charge is 2.18. The summed E-state index contributed by atoms with van der Waals surface area (Å²) in [6.45, 7) is 1.98. The lowest BCUT2D eigenvalue weighted by atomic mass is 9.95. The molecule has 2 aromatic heterocycles. The maximum absolute atomic E-state index is 12.4. The second-order valence-corrected chi connectivity index (χ2v) is 5.38. The van der Waals surface area contributed by atoms with E-state index in [1.54, 1.807) is 12.3 Å². The van der Waals surface area contributed by atoms with E-state index in [1.165, 1.54) is 19.3 Å². The van der Waals surface area contributed by atoms with Gasteiger partial charge in [-0.25, -0.2) is 4.98 Å². The molecule has 0 saturated heterocycles. The molecule has 2 aromatic rings. The number of nitrogens with zero attached hydrogens (tertiary/aromatic N) is 1. The number of aromatic amines is 1. The monoisotopic (exact) mass is 257 g/mol. The molecule has 0 spiro atoms. The zero-order chi connectivity index (χ0) is 13.2. The summed E-state index contributed by atoms with van der Waals surface area (Å²) in [7, 11) is 0. The van der Waals surface area contributed by atoms with Gasteiger partial charge in [-0.05, 0) is 31.9 Å². The standard InChI is InChI=1S/C15H19N3O/c1-10-9-13-12(7-8-16-14(13)17-10)15(19)18-11-5-3-2-4-6-11/h7-9,11H,2-6H2,1H3,(H,16,17)(H,18,19). The Hall–Kier alpha value is -1.84. The smallest absolute Gasteiger partial charge is 0.252 e. The minimum Gasteiger partial charge on any atom is -0.349 e. The fourth-order valence-corrected chi connectivity index (χ4v) is 2.87. The van der Waals surface area contributed by atoms with Crippen molar-refractivity contribution in [1.29, 1.82) is 0 Å². The predicted molar refractivity (Wildman–Crippen MR) is 75.2 cm³/mol. The second kappa shape index (κ2) is 5.03. The van der Waals surface area contributed by atoms with Crippen molar-refractivity contribution >= 4 is 16.9 Å². The van der Waals surface area contributed by atoms with Crippen LogP contribution in [0.5, 0.6) is 0 Å². The highest BCUT2D eigenvalue weighted by Crippen LogP contribution is 2.20. The number of carbonyl (C=O) groups is 1. The summed E-state index contributed by atoms with van der Waals surface area (Å²) >= 11 is 0. The van der Waals surface area contributed by atoms with Crippen molar-refractivity contribution in [3.05, 3.63) is 29.6 Å². The van der Waals surface area contributed by atoms with Crippen molar-refractivity contribution in [2.75, 3.05) is 0 Å². The fourth-order valence-electron chi connectivity index (χ4n) is 2.87. The fraction of sp³-hybridized carbons (Fsp3) is 0.467. The number of carbonyl (C=O) groups excluding carboxylic acids is 1. The number of aryl methyl sites for hydroxylation is 1. The maximum atomic E-state index is 12.4. The molecule has 0 radical (unpaired) electrons. The first kappa shape index (κ1) is 12.2. The molecule has 0 atom stereocenters. The lowest BCUT2D eigenvalue weighted by Crippen LogP contribution is -2.36. The quantitative estimate of drug-likeness (QED) is 0.869. The van der Waals surface area contributed by atoms with E-state index < -0.39 is 0 Å². The molecule has 2 heterocycles. The van der Waals surface area contributed by atoms with Crippen LogP contribution >= 0.6 is 0 Å². The number of H-pyrrole nitrogens is 1. The summed E-state index contributed by atoms with van der Waals surface area (Å²) in [5.74, 6) is 0.0262. The maximum Gasteiger partial charge on any atom is 0.252 e. The summed E-state index contributed by atoms with van der Waals surface area (Å²) in [5, 5.41) is 4.07. The van der Waals surface area contributed by atoms with Crippen LogP contribution in [0.2, 0.25) is 0 Å². The lowest BCUT2D eigenvalue weighted by molar-refractivity contribution is 0.0929. The highest BCUT2D eigenvalue weighted by atomic mass is 16.1. The topological polar surface area (TPSA) is 57.8 Å². The van der Waals surface area contributed by atoms with E-state index in [-0.39, 0.29) is 5.91 Å². The van der Waals surface area contributed by atoms with Crippen LogP contribution in [0.25, 0.3) is 11.0 Å². The second-order valence-electron chi connectivity index (χ2n) is 5.38. The van der Waals surface area contributed by atoms with Crippen LogP contribution in [0.3, 0.4) is 0 Å². The molecule has 0 aliphatic heterocycles. The molecular weight excluding hydrogens is 238 g/mol. The lowest BCUT2D eigenvalue weighted by Gasteiger charge is -2.22. The van der Waals surface area contributed by atoms with E-state index in [2.05, 4.69) is 15.3 Å². The Kier molecular flexibility index (Phi) is 3.23. The molecule has 0 bridgehead atoms. The summed E-state index contributed by atoms with van der Waals surface area (Å²) in [5.41, 5.74) is 2.54. The molecule has 4 nitrogen and oxygen atoms in total. The summed E-state index contributed by atoms with van der Waals surface area (Å²) in [4.78, 5) is 19.8. The van der Waals surface area contributed by atoms with E-state index in [4.69, 9.17) is 0 Å². The number of pyridine rings is 1. The van der Waals surface area contributed by atoms with Crippen LogP contribution in [0.4, 0.5) is 0 Å². The third-order valence-electron chi connectivity index (χ3n) is 3.85. The van der Waals surface area contributed by atoms with Crippen LogP contribution in [0, 0.1) is 6.92 Å². The van der Waals surface area contributed by atoms with Crippen molar-refractivity contribution in [3.63, 3.8) is 0 Å². The Balaban J connectivity index is 1.84. The zero-order valence-electron chi connectivity index (χ0n) is 11.2. The van der Waals surface area contributed by atoms with Gasteiger partial charge in [-0.3, -0.25) is 4.79 Å². The number of hydrogen-bond donors (Lipinski definition) is 2. The molecule has 19 heavy (non-hydrogen) atoms. The normalized spacial score (nSPS) is 16.7. The van der Waals surface area contributed by atoms with Gasteiger partial charge in [0.25, 0.3) is 5.91 Å². The van der Waals surface area contributed by atoms with Gasteiger partial charge in [0, 0.05) is 23.3 Å². The predicted octanol–water partition coefficient (Wildman–Crippen LogP) is 2.93. The average molecular weight is 257 g/mol. The van der Waals surface area contributed by atoms with E-state index in [9.17, 15) is 4.79 Å². The molecule has 0 unspecified atom stereocenters. The van der Waals surface area contributed by atoms with Crippen LogP contribution in [0.15, 0.2) is 18.3 Å². The average Bonchev–Trinajstić information content (AvgIpc) is 2.79. The molecule has 1 amide bonds. The number of fused-ring (bicyclic) bond motifs is 1. The summed E-state index contributed by atoms with van der Waals surface area (Å²) < 4.78 is 0. The van der Waals surface area contributed by atoms with Gasteiger partial charge < -0.3 is 10.3 Å². The van der Waals surface area contributed by atoms with Crippen molar-refractivity contribution in [2.24, 2.45) is 0 Å². The molecule has 1 saturated carbocycles. The molecule has 0 aromatic carbocycles. The van der Waals surface area contributed by atoms with Gasteiger partial charge in [0.1, 0.15) is 5.65 Å². The van der Waals surface area contributed by atoms with E-state index in [0.29, 0.717) is 6.04 Å². The highest BCUT2D eigenvalue weighted by molar-refractivity contribution is 6.05. The third kappa shape index (κ3) is 2.48. The number of hydrogen-bond acceptors (Lipinski definition) is 2. The van der Waals surface area contributed by atoms with Crippen LogP contribution in [0.1, 0.15) is 48.2 Å². The zero-order valence-corrected chi connectivity index (χ0v) is 11.2. The largest absolute Gasteiger partial charge is 0.349 e. The number of nitrogens with one attached hydrogen (secondary N) is 2. The summed E-state index contributed by atoms with van der Waals surface area (Å²) in [6.07, 6.45) is 7.63. The molecule has 2 N–H and O–H groups in total. The van der Waals surface area contributed by atoms with E-state index in [1.807, 2.05) is 13.0 Å². The van der Waals surface area contributed by atoms with Crippen molar-refractivity contribution in [3.8, 4) is 0 Å². The Morgan fingerprint density at radius 1 is 1.37 bits per heavy atom. The van der Waals surface area contributed by atoms with E-state index >= 15 is 0 Å². The van der Waals surface area contributed by atoms with E-state index in [0.717, 1.165) is 35.1 Å². The molecule has 3 rings (SSSR count). The van der Waals surface area contributed by atoms with Crippen LogP contribution in [-0.2, 0) is 0 Å². The van der Waals surface area contributed by atoms with Crippen molar-refractivity contribution in [1.82, 2.24) is 15.3 Å². The van der Waals surface area contributed by atoms with Gasteiger partial charge in [0.05, 0.1) is 5.56 Å². The van der Waals surface area contributed by atoms with Gasteiger partial charge in [-0.2, -0.15) is 0 Å². The molecule has 1 aliphatic rings. The molecule has 4 heteroatoms. The van der Waals surface area contributed by atoms with Gasteiger partial charge in [-0.15, -0.1) is 0 Å². The van der Waals surface area contributed by atoms with Crippen LogP contribution < -0.4 is 5.32 Å². The molecular formula is C15H19N3O. The molecule has 1 aliphatic carbocycles. The minimum atomic E-state index is 0.0262. The molecule has 100 valence electrons. The number of rotatable bonds is 2. The first-order chi connectivity index (χ1) is 9.24. The van der Waals surface area contributed by atoms with Gasteiger partial charge in [0.2, 0.25) is 0 Å². The molecule has 1 fully saturated rings. The van der Waals surface area contributed by atoms with Gasteiger partial charge in [-0.1, -0.05) is 19.3 Å². The third-order valence-corrected chi connectivity index (χ3v) is 3.85. The van der Waals surface area contributed by atoms with Gasteiger partial charge >= 0.3 is 0 Å². The van der Waals surface area contributed by atoms with Crippen molar-refractivity contribution < 1.29 is 4.79 Å².